The molecule has 3 heterocycles. The maximum Gasteiger partial charge on any atom is 0.302 e. The first-order valence-electron chi connectivity index (χ1n) is 8.42. The fraction of sp³-hybridized carbons (Fsp3) is 0.250. The highest BCUT2D eigenvalue weighted by Crippen LogP contribution is 2.12. The average Bonchev–Trinajstić information content (AvgIpc) is 3.11. The predicted octanol–water partition coefficient (Wildman–Crippen LogP) is 3.63. The van der Waals surface area contributed by atoms with E-state index in [1.54, 1.807) is 37.5 Å². The highest BCUT2D eigenvalue weighted by Gasteiger charge is 2.00. The minimum atomic E-state index is -0.211. The number of hydrogen-bond donors (Lipinski definition) is 1. The molecule has 0 spiro atoms. The summed E-state index contributed by atoms with van der Waals surface area (Å²) in [6.45, 7) is 7.13. The zero-order valence-electron chi connectivity index (χ0n) is 16.0. The number of H-pyrrole nitrogens is 1. The lowest BCUT2D eigenvalue weighted by atomic mass is 10.2. The molecule has 142 valence electrons. The minimum absolute atomic E-state index is 0.00981. The van der Waals surface area contributed by atoms with Crippen LogP contribution in [-0.4, -0.2) is 38.5 Å². The molecule has 3 rings (SSSR count). The van der Waals surface area contributed by atoms with Crippen molar-refractivity contribution in [3.63, 3.8) is 0 Å². The van der Waals surface area contributed by atoms with Gasteiger partial charge in [-0.1, -0.05) is 12.1 Å². The molecule has 0 bridgehead atoms. The van der Waals surface area contributed by atoms with Crippen LogP contribution in [0.1, 0.15) is 37.0 Å². The zero-order valence-corrected chi connectivity index (χ0v) is 16.0. The molecular weight excluding hydrogens is 344 g/mol. The van der Waals surface area contributed by atoms with Crippen molar-refractivity contribution >= 4 is 11.8 Å². The van der Waals surface area contributed by atoms with Crippen LogP contribution in [0.25, 0.3) is 11.4 Å². The lowest BCUT2D eigenvalue weighted by Gasteiger charge is -1.91. The van der Waals surface area contributed by atoms with Crippen LogP contribution < -0.4 is 0 Å². The van der Waals surface area contributed by atoms with E-state index in [0.717, 1.165) is 17.1 Å². The van der Waals surface area contributed by atoms with Crippen molar-refractivity contribution in [2.45, 2.75) is 27.7 Å². The third kappa shape index (κ3) is 9.06. The Balaban J connectivity index is 0.000000217. The van der Waals surface area contributed by atoms with Crippen molar-refractivity contribution in [2.75, 3.05) is 6.61 Å². The molecule has 0 atom stereocenters. The molecular formula is C20H24N4O3. The number of carbonyl (C=O) groups excluding carboxylic acids is 2. The average molecular weight is 368 g/mol. The Morgan fingerprint density at radius 1 is 1.00 bits per heavy atom. The van der Waals surface area contributed by atoms with Crippen molar-refractivity contribution < 1.29 is 14.3 Å². The third-order valence-corrected chi connectivity index (χ3v) is 3.01. The van der Waals surface area contributed by atoms with Crippen LogP contribution in [0, 0.1) is 6.92 Å². The van der Waals surface area contributed by atoms with Gasteiger partial charge in [0.2, 0.25) is 0 Å². The van der Waals surface area contributed by atoms with Crippen LogP contribution in [0.3, 0.4) is 0 Å². The number of aryl methyl sites for hydroxylation is 1. The van der Waals surface area contributed by atoms with Gasteiger partial charge in [0.15, 0.2) is 5.78 Å². The smallest absolute Gasteiger partial charge is 0.302 e. The lowest BCUT2D eigenvalue weighted by molar-refractivity contribution is -0.140. The Kier molecular flexibility index (Phi) is 9.70. The van der Waals surface area contributed by atoms with E-state index in [0.29, 0.717) is 12.3 Å². The SMILES string of the molecule is CC(=O)c1ccccn1.CCOC(C)=O.Cc1cc(-c2ccccn2)n[nH]1. The Morgan fingerprint density at radius 3 is 2.00 bits per heavy atom. The van der Waals surface area contributed by atoms with Gasteiger partial charge < -0.3 is 4.74 Å². The van der Waals surface area contributed by atoms with E-state index in [-0.39, 0.29) is 11.8 Å². The van der Waals surface area contributed by atoms with Crippen LogP contribution in [0.5, 0.6) is 0 Å². The molecule has 0 aliphatic heterocycles. The molecule has 3 aromatic heterocycles. The number of nitrogens with one attached hydrogen (secondary N) is 1. The number of rotatable bonds is 3. The molecule has 0 aliphatic carbocycles. The predicted molar refractivity (Wildman–Crippen MR) is 103 cm³/mol. The number of hydrogen-bond acceptors (Lipinski definition) is 6. The molecule has 0 amide bonds. The molecule has 0 aromatic carbocycles. The van der Waals surface area contributed by atoms with Gasteiger partial charge in [0, 0.05) is 31.9 Å². The Hall–Kier alpha value is -3.35. The van der Waals surface area contributed by atoms with Gasteiger partial charge in [0.1, 0.15) is 11.4 Å². The summed E-state index contributed by atoms with van der Waals surface area (Å²) in [7, 11) is 0. The van der Waals surface area contributed by atoms with E-state index in [2.05, 4.69) is 24.9 Å². The van der Waals surface area contributed by atoms with Gasteiger partial charge in [-0.15, -0.1) is 0 Å². The van der Waals surface area contributed by atoms with E-state index < -0.39 is 0 Å². The number of nitrogens with zero attached hydrogens (tertiary/aromatic N) is 3. The summed E-state index contributed by atoms with van der Waals surface area (Å²) in [6, 6.07) is 13.0. The number of aromatic nitrogens is 4. The first kappa shape index (κ1) is 21.7. The van der Waals surface area contributed by atoms with E-state index in [9.17, 15) is 9.59 Å². The zero-order chi connectivity index (χ0) is 20.1. The number of carbonyl (C=O) groups is 2. The molecule has 27 heavy (non-hydrogen) atoms. The van der Waals surface area contributed by atoms with Crippen molar-refractivity contribution in [3.05, 3.63) is 66.2 Å². The standard InChI is InChI=1S/C9H9N3.C7H7NO.C4H8O2/c1-7-6-9(12-11-7)8-4-2-3-5-10-8;1-6(9)7-4-2-3-5-8-7;1-3-6-4(2)5/h2-6H,1H3,(H,11,12);2-5H,1H3;3H2,1-2H3. The van der Waals surface area contributed by atoms with Crippen LogP contribution >= 0.6 is 0 Å². The molecule has 7 nitrogen and oxygen atoms in total. The second kappa shape index (κ2) is 12.1. The van der Waals surface area contributed by atoms with Gasteiger partial charge in [-0.05, 0) is 44.2 Å². The van der Waals surface area contributed by atoms with E-state index >= 15 is 0 Å². The van der Waals surface area contributed by atoms with E-state index in [1.165, 1.54) is 13.8 Å². The number of ether oxygens (including phenoxy) is 1. The van der Waals surface area contributed by atoms with Crippen LogP contribution in [-0.2, 0) is 9.53 Å². The molecule has 0 fully saturated rings. The summed E-state index contributed by atoms with van der Waals surface area (Å²) in [5.41, 5.74) is 3.38. The van der Waals surface area contributed by atoms with Gasteiger partial charge in [0.05, 0.1) is 12.3 Å². The summed E-state index contributed by atoms with van der Waals surface area (Å²) in [4.78, 5) is 28.4. The summed E-state index contributed by atoms with van der Waals surface area (Å²) < 4.78 is 4.40. The maximum absolute atomic E-state index is 10.6. The molecule has 7 heteroatoms. The fourth-order valence-corrected chi connectivity index (χ4v) is 1.84. The van der Waals surface area contributed by atoms with Gasteiger partial charge >= 0.3 is 5.97 Å². The monoisotopic (exact) mass is 368 g/mol. The van der Waals surface area contributed by atoms with Gasteiger partial charge in [-0.3, -0.25) is 24.7 Å². The highest BCUT2D eigenvalue weighted by atomic mass is 16.5. The highest BCUT2D eigenvalue weighted by molar-refractivity contribution is 5.91. The number of aromatic amines is 1. The quantitative estimate of drug-likeness (QED) is 0.560. The van der Waals surface area contributed by atoms with Crippen LogP contribution in [0.2, 0.25) is 0 Å². The summed E-state index contributed by atoms with van der Waals surface area (Å²) in [5.74, 6) is -0.201. The van der Waals surface area contributed by atoms with Crippen molar-refractivity contribution in [2.24, 2.45) is 0 Å². The number of pyridine rings is 2. The molecule has 1 N–H and O–H groups in total. The lowest BCUT2D eigenvalue weighted by Crippen LogP contribution is -1.95. The first-order valence-corrected chi connectivity index (χ1v) is 8.42. The largest absolute Gasteiger partial charge is 0.466 e. The van der Waals surface area contributed by atoms with E-state index in [4.69, 9.17) is 0 Å². The number of esters is 1. The second-order valence-corrected chi connectivity index (χ2v) is 5.35. The molecule has 0 saturated heterocycles. The third-order valence-electron chi connectivity index (χ3n) is 3.01. The first-order chi connectivity index (χ1) is 12.9. The molecule has 0 radical (unpaired) electrons. The van der Waals surface area contributed by atoms with Gasteiger partial charge in [-0.2, -0.15) is 5.10 Å². The molecule has 0 unspecified atom stereocenters. The van der Waals surface area contributed by atoms with E-state index in [1.807, 2.05) is 31.2 Å². The Labute approximate surface area is 158 Å². The Bertz CT molecular complexity index is 818. The number of ketones is 1. The van der Waals surface area contributed by atoms with Crippen molar-refractivity contribution in [1.82, 2.24) is 20.2 Å². The van der Waals surface area contributed by atoms with Crippen LogP contribution in [0.15, 0.2) is 54.9 Å². The topological polar surface area (TPSA) is 97.8 Å². The minimum Gasteiger partial charge on any atom is -0.466 e. The maximum atomic E-state index is 10.6. The second-order valence-electron chi connectivity index (χ2n) is 5.35. The summed E-state index contributed by atoms with van der Waals surface area (Å²) in [5, 5.41) is 6.98. The molecule has 3 aromatic rings. The fourth-order valence-electron chi connectivity index (χ4n) is 1.84. The Morgan fingerprint density at radius 2 is 1.67 bits per heavy atom. The molecule has 0 aliphatic rings. The number of Topliss-reactive ketones (excluding diaryl/α,β-unsaturated/α-hetero) is 1. The van der Waals surface area contributed by atoms with Gasteiger partial charge in [0.25, 0.3) is 0 Å². The van der Waals surface area contributed by atoms with Crippen molar-refractivity contribution in [3.8, 4) is 11.4 Å². The summed E-state index contributed by atoms with van der Waals surface area (Å²) >= 11 is 0. The van der Waals surface area contributed by atoms with Crippen molar-refractivity contribution in [1.29, 1.82) is 0 Å². The van der Waals surface area contributed by atoms with Gasteiger partial charge in [-0.25, -0.2) is 0 Å². The molecule has 0 saturated carbocycles. The van der Waals surface area contributed by atoms with Crippen LogP contribution in [0.4, 0.5) is 0 Å². The normalized spacial score (nSPS) is 9.19. The summed E-state index contributed by atoms with van der Waals surface area (Å²) in [6.07, 6.45) is 3.37.